The van der Waals surface area contributed by atoms with E-state index in [1.807, 2.05) is 23.6 Å². The number of amides is 1. The summed E-state index contributed by atoms with van der Waals surface area (Å²) in [5.41, 5.74) is 2.08. The van der Waals surface area contributed by atoms with Gasteiger partial charge in [0.25, 0.3) is 11.5 Å². The van der Waals surface area contributed by atoms with E-state index in [-0.39, 0.29) is 18.0 Å². The predicted molar refractivity (Wildman–Crippen MR) is 105 cm³/mol. The van der Waals surface area contributed by atoms with Crippen LogP contribution in [0.5, 0.6) is 0 Å². The van der Waals surface area contributed by atoms with E-state index in [1.165, 1.54) is 16.2 Å². The number of aromatic amines is 2. The van der Waals surface area contributed by atoms with E-state index >= 15 is 0 Å². The number of halogens is 1. The lowest BCUT2D eigenvalue weighted by atomic mass is 10.1. The van der Waals surface area contributed by atoms with Gasteiger partial charge in [0.2, 0.25) is 0 Å². The zero-order valence-electron chi connectivity index (χ0n) is 14.2. The number of carbonyl (C=O) groups is 1. The van der Waals surface area contributed by atoms with Crippen molar-refractivity contribution in [3.05, 3.63) is 68.7 Å². The molecule has 1 aromatic carbocycles. The molecular weight excluding hydrogens is 386 g/mol. The van der Waals surface area contributed by atoms with Crippen molar-refractivity contribution >= 4 is 39.1 Å². The van der Waals surface area contributed by atoms with E-state index < -0.39 is 0 Å². The lowest BCUT2D eigenvalue weighted by Gasteiger charge is -2.15. The highest BCUT2D eigenvalue weighted by Gasteiger charge is 2.18. The van der Waals surface area contributed by atoms with E-state index in [1.54, 1.807) is 25.2 Å². The maximum Gasteiger partial charge on any atom is 0.272 e. The highest BCUT2D eigenvalue weighted by atomic mass is 35.5. The minimum absolute atomic E-state index is 0.167. The Morgan fingerprint density at radius 3 is 2.93 bits per heavy atom. The van der Waals surface area contributed by atoms with Gasteiger partial charge in [0.1, 0.15) is 16.2 Å². The summed E-state index contributed by atoms with van der Waals surface area (Å²) in [6, 6.07) is 10.7. The van der Waals surface area contributed by atoms with Crippen molar-refractivity contribution < 1.29 is 4.79 Å². The molecule has 1 amide bonds. The molecule has 0 radical (unpaired) electrons. The third kappa shape index (κ3) is 3.36. The SMILES string of the molecule is CN(Cc1nc2ccsc2c(=O)[nH]1)C(=O)c1cc(-c2ccccc2Cl)n[nH]1. The van der Waals surface area contributed by atoms with Crippen molar-refractivity contribution in [2.24, 2.45) is 0 Å². The average molecular weight is 400 g/mol. The lowest BCUT2D eigenvalue weighted by Crippen LogP contribution is -2.28. The number of aromatic nitrogens is 4. The second-order valence-electron chi connectivity index (χ2n) is 5.96. The van der Waals surface area contributed by atoms with Gasteiger partial charge in [-0.1, -0.05) is 29.8 Å². The van der Waals surface area contributed by atoms with E-state index in [9.17, 15) is 9.59 Å². The molecule has 0 atom stereocenters. The number of nitrogens with zero attached hydrogens (tertiary/aromatic N) is 3. The summed E-state index contributed by atoms with van der Waals surface area (Å²) in [6.45, 7) is 0.167. The van der Waals surface area contributed by atoms with E-state index in [0.29, 0.717) is 32.5 Å². The number of hydrogen-bond donors (Lipinski definition) is 2. The topological polar surface area (TPSA) is 94.7 Å². The van der Waals surface area contributed by atoms with Crippen molar-refractivity contribution in [3.63, 3.8) is 0 Å². The van der Waals surface area contributed by atoms with Crippen LogP contribution >= 0.6 is 22.9 Å². The average Bonchev–Trinajstić information content (AvgIpc) is 3.31. The molecule has 0 aliphatic rings. The number of H-pyrrole nitrogens is 2. The first-order chi connectivity index (χ1) is 13.0. The molecule has 4 rings (SSSR count). The second kappa shape index (κ2) is 6.98. The Hall–Kier alpha value is -2.97. The number of carbonyl (C=O) groups excluding carboxylic acids is 1. The molecular formula is C18H14ClN5O2S. The molecule has 9 heteroatoms. The minimum atomic E-state index is -0.270. The van der Waals surface area contributed by atoms with Crippen molar-refractivity contribution in [2.45, 2.75) is 6.54 Å². The van der Waals surface area contributed by atoms with E-state index in [0.717, 1.165) is 5.56 Å². The van der Waals surface area contributed by atoms with Crippen LogP contribution in [-0.2, 0) is 6.54 Å². The Labute approximate surface area is 162 Å². The van der Waals surface area contributed by atoms with Crippen LogP contribution in [-0.4, -0.2) is 38.0 Å². The molecule has 3 aromatic heterocycles. The molecule has 0 aliphatic carbocycles. The third-order valence-corrected chi connectivity index (χ3v) is 5.29. The standard InChI is InChI=1S/C18H14ClN5O2S/c1-24(9-15-20-12-6-7-27-16(12)17(25)21-15)18(26)14-8-13(22-23-14)10-4-2-3-5-11(10)19/h2-8H,9H2,1H3,(H,22,23)(H,20,21,25). The maximum atomic E-state index is 12.7. The Morgan fingerprint density at radius 2 is 2.11 bits per heavy atom. The van der Waals surface area contributed by atoms with Gasteiger partial charge in [-0.3, -0.25) is 14.7 Å². The summed E-state index contributed by atoms with van der Waals surface area (Å²) < 4.78 is 0.575. The summed E-state index contributed by atoms with van der Waals surface area (Å²) in [7, 11) is 1.64. The van der Waals surface area contributed by atoms with Crippen LogP contribution in [0.4, 0.5) is 0 Å². The van der Waals surface area contributed by atoms with Gasteiger partial charge in [-0.2, -0.15) is 5.10 Å². The number of nitrogens with one attached hydrogen (secondary N) is 2. The molecule has 0 saturated carbocycles. The molecule has 3 heterocycles. The Balaban J connectivity index is 1.55. The van der Waals surface area contributed by atoms with Crippen molar-refractivity contribution in [2.75, 3.05) is 7.05 Å². The number of fused-ring (bicyclic) bond motifs is 1. The normalized spacial score (nSPS) is 11.0. The second-order valence-corrected chi connectivity index (χ2v) is 7.28. The smallest absolute Gasteiger partial charge is 0.272 e. The molecule has 0 bridgehead atoms. The van der Waals surface area contributed by atoms with Crippen LogP contribution in [0.15, 0.2) is 46.6 Å². The number of rotatable bonds is 4. The number of hydrogen-bond acceptors (Lipinski definition) is 5. The zero-order chi connectivity index (χ0) is 19.0. The third-order valence-electron chi connectivity index (χ3n) is 4.06. The van der Waals surface area contributed by atoms with Gasteiger partial charge in [-0.15, -0.1) is 11.3 Å². The molecule has 4 aromatic rings. The van der Waals surface area contributed by atoms with E-state index in [2.05, 4.69) is 20.2 Å². The van der Waals surface area contributed by atoms with Crippen LogP contribution in [0.1, 0.15) is 16.3 Å². The Bertz CT molecular complexity index is 1200. The van der Waals surface area contributed by atoms with Gasteiger partial charge in [0.15, 0.2) is 0 Å². The fourth-order valence-corrected chi connectivity index (χ4v) is 3.69. The van der Waals surface area contributed by atoms with Gasteiger partial charge in [-0.25, -0.2) is 4.98 Å². The first-order valence-corrected chi connectivity index (χ1v) is 9.31. The maximum absolute atomic E-state index is 12.7. The lowest BCUT2D eigenvalue weighted by molar-refractivity contribution is 0.0775. The fourth-order valence-electron chi connectivity index (χ4n) is 2.74. The first kappa shape index (κ1) is 17.4. The molecule has 0 saturated heterocycles. The zero-order valence-corrected chi connectivity index (χ0v) is 15.8. The summed E-state index contributed by atoms with van der Waals surface area (Å²) in [5.74, 6) is 0.154. The van der Waals surface area contributed by atoms with Crippen LogP contribution < -0.4 is 5.56 Å². The van der Waals surface area contributed by atoms with E-state index in [4.69, 9.17) is 11.6 Å². The fraction of sp³-hybridized carbons (Fsp3) is 0.111. The number of thiophene rings is 1. The molecule has 2 N–H and O–H groups in total. The largest absolute Gasteiger partial charge is 0.333 e. The van der Waals surface area contributed by atoms with Gasteiger partial charge in [0.05, 0.1) is 22.8 Å². The highest BCUT2D eigenvalue weighted by molar-refractivity contribution is 7.17. The van der Waals surface area contributed by atoms with Crippen LogP contribution in [0.3, 0.4) is 0 Å². The van der Waals surface area contributed by atoms with Gasteiger partial charge < -0.3 is 9.88 Å². The van der Waals surface area contributed by atoms with Gasteiger partial charge in [0, 0.05) is 12.6 Å². The summed E-state index contributed by atoms with van der Waals surface area (Å²) in [4.78, 5) is 33.3. The molecule has 0 aliphatic heterocycles. The van der Waals surface area contributed by atoms with Crippen molar-refractivity contribution in [1.82, 2.24) is 25.1 Å². The molecule has 7 nitrogen and oxygen atoms in total. The first-order valence-electron chi connectivity index (χ1n) is 8.05. The van der Waals surface area contributed by atoms with Crippen LogP contribution in [0.25, 0.3) is 21.5 Å². The van der Waals surface area contributed by atoms with Gasteiger partial charge in [-0.05, 0) is 23.6 Å². The summed E-state index contributed by atoms with van der Waals surface area (Å²) >= 11 is 7.52. The molecule has 0 spiro atoms. The molecule has 0 fully saturated rings. The Kier molecular flexibility index (Phi) is 4.51. The molecule has 0 unspecified atom stereocenters. The van der Waals surface area contributed by atoms with Crippen LogP contribution in [0.2, 0.25) is 5.02 Å². The predicted octanol–water partition coefficient (Wildman–Crippen LogP) is 3.30. The van der Waals surface area contributed by atoms with Crippen molar-refractivity contribution in [1.29, 1.82) is 0 Å². The van der Waals surface area contributed by atoms with Crippen molar-refractivity contribution in [3.8, 4) is 11.3 Å². The summed E-state index contributed by atoms with van der Waals surface area (Å²) in [6.07, 6.45) is 0. The summed E-state index contributed by atoms with van der Waals surface area (Å²) in [5, 5.41) is 9.29. The highest BCUT2D eigenvalue weighted by Crippen LogP contribution is 2.26. The molecule has 136 valence electrons. The monoisotopic (exact) mass is 399 g/mol. The Morgan fingerprint density at radius 1 is 1.30 bits per heavy atom. The van der Waals surface area contributed by atoms with Crippen LogP contribution in [0, 0.1) is 0 Å². The number of benzene rings is 1. The quantitative estimate of drug-likeness (QED) is 0.550. The van der Waals surface area contributed by atoms with Gasteiger partial charge >= 0.3 is 0 Å². The molecule has 27 heavy (non-hydrogen) atoms. The minimum Gasteiger partial charge on any atom is -0.333 e.